The normalized spacial score (nSPS) is 14.3. The topological polar surface area (TPSA) is 114 Å². The zero-order chi connectivity index (χ0) is 57.9. The minimum absolute atomic E-state index is 0.0354. The molecule has 0 aliphatic heterocycles. The number of carbonyl (C=O) groups is 2. The number of unbranched alkanes of at least 4 members (excludes halogenated alkanes) is 28. The second-order valence-corrected chi connectivity index (χ2v) is 24.3. The van der Waals surface area contributed by atoms with Crippen molar-refractivity contribution in [1.29, 1.82) is 0 Å². The third-order valence-corrected chi connectivity index (χ3v) is 15.0. The van der Waals surface area contributed by atoms with Gasteiger partial charge in [0.1, 0.15) is 19.3 Å². The number of hydrogen-bond acceptors (Lipinski definition) is 7. The molecule has 0 saturated heterocycles. The first-order chi connectivity index (χ1) is 38.4. The van der Waals surface area contributed by atoms with Gasteiger partial charge in [-0.1, -0.05) is 253 Å². The van der Waals surface area contributed by atoms with Crippen molar-refractivity contribution in [3.05, 3.63) is 97.2 Å². The third kappa shape index (κ3) is 59.4. The lowest BCUT2D eigenvalue weighted by atomic mass is 10.0. The van der Waals surface area contributed by atoms with Crippen LogP contribution in [0.1, 0.15) is 278 Å². The number of quaternary nitrogens is 1. The molecule has 0 aromatic carbocycles. The van der Waals surface area contributed by atoms with E-state index in [1.54, 1.807) is 0 Å². The first-order valence-electron chi connectivity index (χ1n) is 32.5. The van der Waals surface area contributed by atoms with Gasteiger partial charge < -0.3 is 28.5 Å². The Balaban J connectivity index is 5.29. The number of phosphoric ester groups is 1. The van der Waals surface area contributed by atoms with E-state index < -0.39 is 32.5 Å². The van der Waals surface area contributed by atoms with Gasteiger partial charge >= 0.3 is 5.97 Å². The van der Waals surface area contributed by atoms with Gasteiger partial charge in [0.25, 0.3) is 7.82 Å². The van der Waals surface area contributed by atoms with Gasteiger partial charge in [-0.25, -0.2) is 0 Å². The average Bonchev–Trinajstić information content (AvgIpc) is 3.41. The van der Waals surface area contributed by atoms with Gasteiger partial charge in [0.2, 0.25) is 5.91 Å². The molecule has 0 bridgehead atoms. The van der Waals surface area contributed by atoms with Gasteiger partial charge in [-0.05, 0) is 109 Å². The van der Waals surface area contributed by atoms with Gasteiger partial charge in [0.15, 0.2) is 0 Å². The first-order valence-corrected chi connectivity index (χ1v) is 34.0. The molecule has 0 aromatic heterocycles. The average molecular weight is 1120 g/mol. The Morgan fingerprint density at radius 3 is 1.20 bits per heavy atom. The molecule has 79 heavy (non-hydrogen) atoms. The molecule has 0 aliphatic carbocycles. The molecule has 3 atom stereocenters. The Bertz CT molecular complexity index is 1670. The molecule has 0 saturated carbocycles. The Morgan fingerprint density at radius 1 is 0.443 bits per heavy atom. The second-order valence-electron chi connectivity index (χ2n) is 22.9. The van der Waals surface area contributed by atoms with Crippen LogP contribution in [0.3, 0.4) is 0 Å². The number of phosphoric acid groups is 1. The molecule has 10 heteroatoms. The van der Waals surface area contributed by atoms with Crippen LogP contribution in [0.15, 0.2) is 97.2 Å². The van der Waals surface area contributed by atoms with E-state index in [9.17, 15) is 19.0 Å². The van der Waals surface area contributed by atoms with Crippen LogP contribution in [0, 0.1) is 0 Å². The summed E-state index contributed by atoms with van der Waals surface area (Å²) < 4.78 is 30.3. The summed E-state index contributed by atoms with van der Waals surface area (Å²) in [5.41, 5.74) is 0. The Kier molecular flexibility index (Phi) is 55.9. The van der Waals surface area contributed by atoms with Crippen LogP contribution in [-0.2, 0) is 27.9 Å². The molecule has 1 N–H and O–H groups in total. The zero-order valence-electron chi connectivity index (χ0n) is 52.1. The number of ether oxygens (including phenoxy) is 1. The summed E-state index contributed by atoms with van der Waals surface area (Å²) in [6.45, 7) is 6.76. The summed E-state index contributed by atoms with van der Waals surface area (Å²) in [4.78, 5) is 40.0. The number of nitrogens with one attached hydrogen (secondary N) is 1. The standard InChI is InChI=1S/C69H123N2O7P/c1-7-10-13-16-19-22-25-28-30-32-33-34-35-36-37-39-40-43-46-49-52-55-58-61-68(72)70-66(65-77-79(74,75)76-64-63-71(4,5)6)67(60-57-54-51-48-45-42-27-24-21-18-15-12-9-3)78-69(73)62-59-56-53-50-47-44-41-38-31-29-26-23-20-17-14-11-8-2/h19-20,22-23,28-31,33-34,41,44,50,53,57,60,66-67H,7-18,21,24-27,32,35-40,42-43,45-49,51-52,54-56,58-59,61-65H2,1-6H3,(H-,70,72,74,75)/b22-19-,23-20-,30-28-,31-29-,34-33-,44-41-,53-50-,60-57-. The van der Waals surface area contributed by atoms with E-state index >= 15 is 0 Å². The lowest BCUT2D eigenvalue weighted by Gasteiger charge is -2.30. The molecule has 0 fully saturated rings. The second kappa shape index (κ2) is 58.1. The van der Waals surface area contributed by atoms with Gasteiger partial charge in [0, 0.05) is 12.8 Å². The third-order valence-electron chi connectivity index (χ3n) is 14.0. The van der Waals surface area contributed by atoms with E-state index in [1.807, 2.05) is 33.3 Å². The van der Waals surface area contributed by atoms with Crippen molar-refractivity contribution in [2.45, 2.75) is 290 Å². The van der Waals surface area contributed by atoms with Crippen molar-refractivity contribution in [2.75, 3.05) is 40.9 Å². The lowest BCUT2D eigenvalue weighted by molar-refractivity contribution is -0.870. The highest BCUT2D eigenvalue weighted by Crippen LogP contribution is 2.38. The van der Waals surface area contributed by atoms with E-state index in [1.165, 1.54) is 148 Å². The van der Waals surface area contributed by atoms with E-state index in [-0.39, 0.29) is 18.9 Å². The molecular formula is C69H123N2O7P. The highest BCUT2D eigenvalue weighted by atomic mass is 31.2. The maximum absolute atomic E-state index is 13.6. The van der Waals surface area contributed by atoms with Crippen molar-refractivity contribution in [3.63, 3.8) is 0 Å². The number of amides is 1. The summed E-state index contributed by atoms with van der Waals surface area (Å²) >= 11 is 0. The van der Waals surface area contributed by atoms with Crippen LogP contribution in [0.25, 0.3) is 0 Å². The zero-order valence-corrected chi connectivity index (χ0v) is 52.9. The van der Waals surface area contributed by atoms with Crippen molar-refractivity contribution in [1.82, 2.24) is 5.32 Å². The highest BCUT2D eigenvalue weighted by molar-refractivity contribution is 7.45. The molecule has 1 amide bonds. The van der Waals surface area contributed by atoms with E-state index in [0.717, 1.165) is 89.9 Å². The van der Waals surface area contributed by atoms with Crippen molar-refractivity contribution >= 4 is 19.7 Å². The van der Waals surface area contributed by atoms with Crippen LogP contribution in [0.4, 0.5) is 0 Å². The number of rotatable bonds is 58. The number of allylic oxidation sites excluding steroid dienone is 15. The van der Waals surface area contributed by atoms with Crippen molar-refractivity contribution in [2.24, 2.45) is 0 Å². The van der Waals surface area contributed by atoms with E-state index in [0.29, 0.717) is 23.9 Å². The fourth-order valence-corrected chi connectivity index (χ4v) is 9.66. The fourth-order valence-electron chi connectivity index (χ4n) is 8.93. The van der Waals surface area contributed by atoms with Crippen LogP contribution in [0.5, 0.6) is 0 Å². The smallest absolute Gasteiger partial charge is 0.306 e. The highest BCUT2D eigenvalue weighted by Gasteiger charge is 2.27. The molecule has 0 aromatic rings. The SMILES string of the molecule is CCCCC/C=C\C/C=C\C/C=C\C/C=C\CCCC(=O)OC(/C=C\CCCCCCCCCCCCC)C(COP(=O)([O-])OCC[N+](C)(C)C)NC(=O)CCCCCCCCCCCC/C=C\C/C=C\C/C=C\CCCCC. The first kappa shape index (κ1) is 75.9. The van der Waals surface area contributed by atoms with Crippen LogP contribution < -0.4 is 10.2 Å². The number of carbonyl (C=O) groups excluding carboxylic acids is 2. The molecular weight excluding hydrogens is 1000 g/mol. The molecule has 0 spiro atoms. The van der Waals surface area contributed by atoms with Crippen LogP contribution in [-0.4, -0.2) is 69.4 Å². The molecule has 0 aliphatic rings. The summed E-state index contributed by atoms with van der Waals surface area (Å²) in [5.74, 6) is -0.611. The number of nitrogens with zero attached hydrogens (tertiary/aromatic N) is 1. The van der Waals surface area contributed by atoms with Crippen molar-refractivity contribution < 1.29 is 37.3 Å². The van der Waals surface area contributed by atoms with Gasteiger partial charge in [-0.2, -0.15) is 0 Å². The maximum Gasteiger partial charge on any atom is 0.306 e. The summed E-state index contributed by atoms with van der Waals surface area (Å²) in [7, 11) is 1.15. The number of esters is 1. The Labute approximate surface area is 488 Å². The van der Waals surface area contributed by atoms with Crippen LogP contribution >= 0.6 is 7.82 Å². The van der Waals surface area contributed by atoms with Crippen LogP contribution in [0.2, 0.25) is 0 Å². The van der Waals surface area contributed by atoms with Gasteiger partial charge in [-0.3, -0.25) is 14.2 Å². The number of likely N-dealkylation sites (N-methyl/N-ethyl adjacent to an activating group) is 1. The summed E-state index contributed by atoms with van der Waals surface area (Å²) in [5, 5.41) is 3.02. The predicted molar refractivity (Wildman–Crippen MR) is 339 cm³/mol. The summed E-state index contributed by atoms with van der Waals surface area (Å²) in [6, 6.07) is -0.918. The molecule has 456 valence electrons. The minimum Gasteiger partial charge on any atom is -0.756 e. The predicted octanol–water partition coefficient (Wildman–Crippen LogP) is 19.7. The van der Waals surface area contributed by atoms with Gasteiger partial charge in [0.05, 0.1) is 33.8 Å². The van der Waals surface area contributed by atoms with E-state index in [2.05, 4.69) is 111 Å². The molecule has 0 heterocycles. The maximum atomic E-state index is 13.6. The lowest BCUT2D eigenvalue weighted by Crippen LogP contribution is -2.47. The summed E-state index contributed by atoms with van der Waals surface area (Å²) in [6.07, 6.45) is 78.1. The largest absolute Gasteiger partial charge is 0.756 e. The fraction of sp³-hybridized carbons (Fsp3) is 0.739. The Hall–Kier alpha value is -3.07. The Morgan fingerprint density at radius 2 is 0.785 bits per heavy atom. The van der Waals surface area contributed by atoms with E-state index in [4.69, 9.17) is 13.8 Å². The minimum atomic E-state index is -4.72. The quantitative estimate of drug-likeness (QED) is 0.0212. The van der Waals surface area contributed by atoms with Gasteiger partial charge in [-0.15, -0.1) is 0 Å². The molecule has 9 nitrogen and oxygen atoms in total. The molecule has 0 rings (SSSR count). The molecule has 0 radical (unpaired) electrons. The number of hydrogen-bond donors (Lipinski definition) is 1. The molecule has 3 unspecified atom stereocenters. The van der Waals surface area contributed by atoms with Crippen molar-refractivity contribution in [3.8, 4) is 0 Å². The monoisotopic (exact) mass is 1120 g/mol.